The molecule has 1 aromatic rings. The summed E-state index contributed by atoms with van der Waals surface area (Å²) < 4.78 is 10.4. The van der Waals surface area contributed by atoms with E-state index in [1.165, 1.54) is 0 Å². The topological polar surface area (TPSA) is 109 Å². The number of nitriles is 1. The Balaban J connectivity index is 2.52. The van der Waals surface area contributed by atoms with Gasteiger partial charge in [0.15, 0.2) is 0 Å². The third-order valence-corrected chi connectivity index (χ3v) is 2.63. The van der Waals surface area contributed by atoms with Crippen LogP contribution in [0.25, 0.3) is 0 Å². The van der Waals surface area contributed by atoms with Gasteiger partial charge in [-0.1, -0.05) is 6.07 Å². The Morgan fingerprint density at radius 1 is 1.39 bits per heavy atom. The van der Waals surface area contributed by atoms with Gasteiger partial charge in [0.1, 0.15) is 17.4 Å². The number of nitrogens with zero attached hydrogens (tertiary/aromatic N) is 1. The number of alkyl carbamates (subject to hydrolysis) is 1. The number of carboxylic acids is 1. The van der Waals surface area contributed by atoms with E-state index in [1.54, 1.807) is 45.0 Å². The molecule has 0 aliphatic heterocycles. The van der Waals surface area contributed by atoms with E-state index >= 15 is 0 Å². The van der Waals surface area contributed by atoms with Gasteiger partial charge in [-0.15, -0.1) is 0 Å². The van der Waals surface area contributed by atoms with Crippen LogP contribution < -0.4 is 10.1 Å². The van der Waals surface area contributed by atoms with Crippen molar-refractivity contribution in [1.29, 1.82) is 5.26 Å². The van der Waals surface area contributed by atoms with Crippen molar-refractivity contribution in [3.63, 3.8) is 0 Å². The predicted octanol–water partition coefficient (Wildman–Crippen LogP) is 2.31. The molecule has 0 saturated heterocycles. The molecule has 7 nitrogen and oxygen atoms in total. The monoisotopic (exact) mass is 320 g/mol. The predicted molar refractivity (Wildman–Crippen MR) is 82.1 cm³/mol. The summed E-state index contributed by atoms with van der Waals surface area (Å²) in [4.78, 5) is 22.8. The highest BCUT2D eigenvalue weighted by molar-refractivity contribution is 5.79. The number of carbonyl (C=O) groups excluding carboxylic acids is 1. The number of benzene rings is 1. The van der Waals surface area contributed by atoms with Gasteiger partial charge in [-0.05, 0) is 39.0 Å². The summed E-state index contributed by atoms with van der Waals surface area (Å²) in [6.45, 7) is 5.14. The molecule has 0 saturated carbocycles. The van der Waals surface area contributed by atoms with Gasteiger partial charge in [0.05, 0.1) is 18.2 Å². The summed E-state index contributed by atoms with van der Waals surface area (Å²) >= 11 is 0. The molecule has 1 unspecified atom stereocenters. The van der Waals surface area contributed by atoms with Gasteiger partial charge in [0, 0.05) is 6.42 Å². The Hall–Kier alpha value is -2.75. The first-order valence-electron chi connectivity index (χ1n) is 7.06. The van der Waals surface area contributed by atoms with Crippen molar-refractivity contribution in [3.05, 3.63) is 29.8 Å². The molecule has 0 aliphatic carbocycles. The van der Waals surface area contributed by atoms with Crippen LogP contribution in [0.5, 0.6) is 5.75 Å². The number of carboxylic acid groups (broad SMARTS) is 1. The molecule has 0 aromatic heterocycles. The fourth-order valence-electron chi connectivity index (χ4n) is 1.66. The van der Waals surface area contributed by atoms with Gasteiger partial charge < -0.3 is 19.9 Å². The molecule has 0 fully saturated rings. The zero-order chi connectivity index (χ0) is 17.5. The summed E-state index contributed by atoms with van der Waals surface area (Å²) in [5, 5.41) is 20.2. The van der Waals surface area contributed by atoms with E-state index in [4.69, 9.17) is 19.8 Å². The quantitative estimate of drug-likeness (QED) is 0.832. The molecular weight excluding hydrogens is 300 g/mol. The molecule has 1 rings (SSSR count). The van der Waals surface area contributed by atoms with Crippen molar-refractivity contribution >= 4 is 12.1 Å². The molecule has 0 aliphatic rings. The first-order valence-corrected chi connectivity index (χ1v) is 7.06. The number of nitrogens with one attached hydrogen (secondary N) is 1. The average Bonchev–Trinajstić information content (AvgIpc) is 2.44. The van der Waals surface area contributed by atoms with Crippen LogP contribution in [0.1, 0.15) is 32.8 Å². The largest absolute Gasteiger partial charge is 0.493 e. The highest BCUT2D eigenvalue weighted by Gasteiger charge is 2.23. The fraction of sp³-hybridized carbons (Fsp3) is 0.438. The van der Waals surface area contributed by atoms with Crippen LogP contribution in [-0.4, -0.2) is 35.4 Å². The minimum absolute atomic E-state index is 0.0609. The van der Waals surface area contributed by atoms with Crippen LogP contribution in [-0.2, 0) is 9.53 Å². The van der Waals surface area contributed by atoms with E-state index in [0.717, 1.165) is 0 Å². The van der Waals surface area contributed by atoms with E-state index in [0.29, 0.717) is 11.3 Å². The van der Waals surface area contributed by atoms with Gasteiger partial charge in [0.2, 0.25) is 0 Å². The number of hydrogen-bond acceptors (Lipinski definition) is 5. The van der Waals surface area contributed by atoms with Crippen LogP contribution in [0, 0.1) is 11.3 Å². The van der Waals surface area contributed by atoms with Crippen molar-refractivity contribution in [2.45, 2.75) is 38.8 Å². The second-order valence-corrected chi connectivity index (χ2v) is 5.81. The van der Waals surface area contributed by atoms with Crippen molar-refractivity contribution in [3.8, 4) is 11.8 Å². The maximum absolute atomic E-state index is 11.6. The van der Waals surface area contributed by atoms with Crippen LogP contribution >= 0.6 is 0 Å². The first kappa shape index (κ1) is 18.3. The van der Waals surface area contributed by atoms with E-state index in [2.05, 4.69) is 5.32 Å². The lowest BCUT2D eigenvalue weighted by atomic mass is 10.2. The zero-order valence-electron chi connectivity index (χ0n) is 13.3. The molecule has 124 valence electrons. The van der Waals surface area contributed by atoms with E-state index < -0.39 is 23.7 Å². The number of aliphatic carboxylic acids is 1. The molecule has 1 atom stereocenters. The Kier molecular flexibility index (Phi) is 6.39. The van der Waals surface area contributed by atoms with Crippen molar-refractivity contribution in [2.24, 2.45) is 0 Å². The number of ether oxygens (including phenoxy) is 2. The van der Waals surface area contributed by atoms with E-state index in [-0.39, 0.29) is 13.0 Å². The molecule has 7 heteroatoms. The summed E-state index contributed by atoms with van der Waals surface area (Å²) in [6.07, 6.45) is -0.734. The Morgan fingerprint density at radius 2 is 2.09 bits per heavy atom. The second-order valence-electron chi connectivity index (χ2n) is 5.81. The van der Waals surface area contributed by atoms with Gasteiger partial charge in [-0.3, -0.25) is 0 Å². The van der Waals surface area contributed by atoms with E-state index in [9.17, 15) is 9.59 Å². The highest BCUT2D eigenvalue weighted by Crippen LogP contribution is 2.13. The van der Waals surface area contributed by atoms with Crippen LogP contribution in [0.15, 0.2) is 24.3 Å². The van der Waals surface area contributed by atoms with Crippen LogP contribution in [0.4, 0.5) is 4.79 Å². The van der Waals surface area contributed by atoms with Gasteiger partial charge in [-0.25, -0.2) is 9.59 Å². The normalized spacial score (nSPS) is 11.9. The number of rotatable bonds is 6. The highest BCUT2D eigenvalue weighted by atomic mass is 16.6. The third kappa shape index (κ3) is 7.18. The Bertz CT molecular complexity index is 601. The number of hydrogen-bond donors (Lipinski definition) is 2. The average molecular weight is 320 g/mol. The molecule has 23 heavy (non-hydrogen) atoms. The zero-order valence-corrected chi connectivity index (χ0v) is 13.3. The molecule has 0 spiro atoms. The maximum Gasteiger partial charge on any atom is 0.408 e. The number of amides is 1. The summed E-state index contributed by atoms with van der Waals surface area (Å²) in [5.41, 5.74) is -0.259. The molecule has 1 amide bonds. The summed E-state index contributed by atoms with van der Waals surface area (Å²) in [5.74, 6) is -0.712. The Labute approximate surface area is 134 Å². The lowest BCUT2D eigenvalue weighted by molar-refractivity contribution is -0.139. The SMILES string of the molecule is CC(C)(C)OC(=O)NC(CCOc1cccc(C#N)c1)C(=O)O. The maximum atomic E-state index is 11.6. The van der Waals surface area contributed by atoms with Crippen molar-refractivity contribution in [2.75, 3.05) is 6.61 Å². The molecule has 2 N–H and O–H groups in total. The van der Waals surface area contributed by atoms with Crippen LogP contribution in [0.2, 0.25) is 0 Å². The van der Waals surface area contributed by atoms with Gasteiger partial charge in [0.25, 0.3) is 0 Å². The Morgan fingerprint density at radius 3 is 2.65 bits per heavy atom. The summed E-state index contributed by atoms with van der Waals surface area (Å²) in [6, 6.07) is 7.38. The van der Waals surface area contributed by atoms with E-state index in [1.807, 2.05) is 6.07 Å². The standard InChI is InChI=1S/C16H20N2O5/c1-16(2,3)23-15(21)18-13(14(19)20)7-8-22-12-6-4-5-11(9-12)10-17/h4-6,9,13H,7-8H2,1-3H3,(H,18,21)(H,19,20). The smallest absolute Gasteiger partial charge is 0.408 e. The third-order valence-electron chi connectivity index (χ3n) is 2.63. The molecule has 0 radical (unpaired) electrons. The molecule has 0 heterocycles. The second kappa shape index (κ2) is 8.03. The van der Waals surface area contributed by atoms with Gasteiger partial charge in [-0.2, -0.15) is 5.26 Å². The van der Waals surface area contributed by atoms with Crippen molar-refractivity contribution in [1.82, 2.24) is 5.32 Å². The van der Waals surface area contributed by atoms with Gasteiger partial charge >= 0.3 is 12.1 Å². The molecule has 0 bridgehead atoms. The molecule has 1 aromatic carbocycles. The minimum atomic E-state index is -1.18. The lowest BCUT2D eigenvalue weighted by Gasteiger charge is -2.22. The van der Waals surface area contributed by atoms with Crippen molar-refractivity contribution < 1.29 is 24.2 Å². The lowest BCUT2D eigenvalue weighted by Crippen LogP contribution is -2.44. The minimum Gasteiger partial charge on any atom is -0.493 e. The molecular formula is C16H20N2O5. The summed E-state index contributed by atoms with van der Waals surface area (Å²) in [7, 11) is 0. The number of carbonyl (C=O) groups is 2. The fourth-order valence-corrected chi connectivity index (χ4v) is 1.66. The first-order chi connectivity index (χ1) is 10.7. The van der Waals surface area contributed by atoms with Crippen LogP contribution in [0.3, 0.4) is 0 Å².